The lowest BCUT2D eigenvalue weighted by Crippen LogP contribution is -2.22. The van der Waals surface area contributed by atoms with Crippen LogP contribution in [0.3, 0.4) is 0 Å². The lowest BCUT2D eigenvalue weighted by molar-refractivity contribution is 0.414. The number of halogens is 1. The minimum atomic E-state index is 0.311. The van der Waals surface area contributed by atoms with Gasteiger partial charge in [-0.3, -0.25) is 0 Å². The minimum absolute atomic E-state index is 0.311. The number of hydrogen-bond acceptors (Lipinski definition) is 3. The van der Waals surface area contributed by atoms with Crippen LogP contribution >= 0.6 is 22.9 Å². The molecule has 4 heteroatoms. The average Bonchev–Trinajstić information content (AvgIpc) is 2.84. The molecule has 19 heavy (non-hydrogen) atoms. The summed E-state index contributed by atoms with van der Waals surface area (Å²) in [4.78, 5) is 1.30. The Hall–Kier alpha value is -1.03. The third kappa shape index (κ3) is 3.96. The lowest BCUT2D eigenvalue weighted by atomic mass is 10.0. The number of nitrogens with one attached hydrogen (secondary N) is 1. The Balaban J connectivity index is 2.13. The summed E-state index contributed by atoms with van der Waals surface area (Å²) in [6.07, 6.45) is 0.956. The highest BCUT2D eigenvalue weighted by atomic mass is 35.5. The van der Waals surface area contributed by atoms with Crippen molar-refractivity contribution in [2.45, 2.75) is 19.4 Å². The maximum absolute atomic E-state index is 5.99. The maximum atomic E-state index is 5.99. The summed E-state index contributed by atoms with van der Waals surface area (Å²) < 4.78 is 6.04. The first-order valence-corrected chi connectivity index (χ1v) is 7.54. The molecule has 2 aromatic rings. The van der Waals surface area contributed by atoms with Gasteiger partial charge in [0, 0.05) is 17.3 Å². The standard InChI is InChI=1S/C15H18ClNOS/c1-3-17-14(10-13-8-9-15(16)19-13)11-4-6-12(18-2)7-5-11/h4-9,14,17H,3,10H2,1-2H3. The van der Waals surface area contributed by atoms with E-state index in [1.165, 1.54) is 10.4 Å². The Morgan fingerprint density at radius 3 is 2.47 bits per heavy atom. The van der Waals surface area contributed by atoms with E-state index in [2.05, 4.69) is 30.4 Å². The zero-order valence-electron chi connectivity index (χ0n) is 11.2. The molecular weight excluding hydrogens is 278 g/mol. The summed E-state index contributed by atoms with van der Waals surface area (Å²) >= 11 is 7.63. The molecule has 2 rings (SSSR count). The van der Waals surface area contributed by atoms with Crippen molar-refractivity contribution in [2.75, 3.05) is 13.7 Å². The summed E-state index contributed by atoms with van der Waals surface area (Å²) in [7, 11) is 1.68. The molecule has 0 aliphatic rings. The highest BCUT2D eigenvalue weighted by molar-refractivity contribution is 7.16. The molecule has 1 N–H and O–H groups in total. The molecule has 0 spiro atoms. The van der Waals surface area contributed by atoms with E-state index < -0.39 is 0 Å². The summed E-state index contributed by atoms with van der Waals surface area (Å²) in [5.41, 5.74) is 1.27. The van der Waals surface area contributed by atoms with Gasteiger partial charge in [-0.15, -0.1) is 11.3 Å². The van der Waals surface area contributed by atoms with Gasteiger partial charge in [0.1, 0.15) is 5.75 Å². The molecule has 0 amide bonds. The quantitative estimate of drug-likeness (QED) is 0.858. The number of hydrogen-bond donors (Lipinski definition) is 1. The van der Waals surface area contributed by atoms with Crippen molar-refractivity contribution in [2.24, 2.45) is 0 Å². The van der Waals surface area contributed by atoms with Crippen LogP contribution in [0.5, 0.6) is 5.75 Å². The molecule has 1 aromatic heterocycles. The SMILES string of the molecule is CCNC(Cc1ccc(Cl)s1)c1ccc(OC)cc1. The molecule has 1 unspecified atom stereocenters. The lowest BCUT2D eigenvalue weighted by Gasteiger charge is -2.18. The Morgan fingerprint density at radius 2 is 1.95 bits per heavy atom. The van der Waals surface area contributed by atoms with Gasteiger partial charge in [0.25, 0.3) is 0 Å². The first-order valence-electron chi connectivity index (χ1n) is 6.34. The van der Waals surface area contributed by atoms with Gasteiger partial charge in [-0.2, -0.15) is 0 Å². The third-order valence-corrected chi connectivity index (χ3v) is 4.26. The maximum Gasteiger partial charge on any atom is 0.118 e. The van der Waals surface area contributed by atoms with Crippen molar-refractivity contribution in [3.63, 3.8) is 0 Å². The average molecular weight is 296 g/mol. The van der Waals surface area contributed by atoms with Gasteiger partial charge in [0.15, 0.2) is 0 Å². The number of likely N-dealkylation sites (N-methyl/N-ethyl adjacent to an activating group) is 1. The van der Waals surface area contributed by atoms with Gasteiger partial charge in [-0.1, -0.05) is 30.7 Å². The van der Waals surface area contributed by atoms with E-state index in [1.54, 1.807) is 18.4 Å². The van der Waals surface area contributed by atoms with Gasteiger partial charge < -0.3 is 10.1 Å². The van der Waals surface area contributed by atoms with Crippen molar-refractivity contribution in [3.05, 3.63) is 51.2 Å². The van der Waals surface area contributed by atoms with Crippen LogP contribution in [0.1, 0.15) is 23.4 Å². The molecular formula is C15H18ClNOS. The van der Waals surface area contributed by atoms with Crippen LogP contribution in [0, 0.1) is 0 Å². The summed E-state index contributed by atoms with van der Waals surface area (Å²) in [5, 5.41) is 3.52. The van der Waals surface area contributed by atoms with Gasteiger partial charge in [-0.25, -0.2) is 0 Å². The summed E-state index contributed by atoms with van der Waals surface area (Å²) in [5.74, 6) is 0.887. The molecule has 0 saturated heterocycles. The molecule has 102 valence electrons. The molecule has 0 fully saturated rings. The first kappa shape index (κ1) is 14.4. The number of benzene rings is 1. The normalized spacial score (nSPS) is 12.4. The predicted octanol–water partition coefficient (Wildman–Crippen LogP) is 4.30. The zero-order chi connectivity index (χ0) is 13.7. The van der Waals surface area contributed by atoms with Crippen LogP contribution in [-0.2, 0) is 6.42 Å². The van der Waals surface area contributed by atoms with E-state index in [-0.39, 0.29) is 0 Å². The monoisotopic (exact) mass is 295 g/mol. The summed E-state index contributed by atoms with van der Waals surface area (Å²) in [6, 6.07) is 12.6. The molecule has 1 aromatic carbocycles. The van der Waals surface area contributed by atoms with E-state index in [0.29, 0.717) is 6.04 Å². The Morgan fingerprint density at radius 1 is 1.21 bits per heavy atom. The fourth-order valence-electron chi connectivity index (χ4n) is 2.05. The summed E-state index contributed by atoms with van der Waals surface area (Å²) in [6.45, 7) is 3.06. The van der Waals surface area contributed by atoms with Crippen LogP contribution in [0.25, 0.3) is 0 Å². The predicted molar refractivity (Wildman–Crippen MR) is 82.4 cm³/mol. The van der Waals surface area contributed by atoms with Crippen molar-refractivity contribution in [3.8, 4) is 5.75 Å². The van der Waals surface area contributed by atoms with E-state index in [0.717, 1.165) is 23.1 Å². The Bertz CT molecular complexity index is 509. The first-order chi connectivity index (χ1) is 9.22. The number of rotatable bonds is 6. The molecule has 0 saturated carbocycles. The zero-order valence-corrected chi connectivity index (χ0v) is 12.7. The van der Waals surface area contributed by atoms with Gasteiger partial charge in [0.2, 0.25) is 0 Å². The second-order valence-electron chi connectivity index (χ2n) is 4.29. The largest absolute Gasteiger partial charge is 0.497 e. The molecule has 0 radical (unpaired) electrons. The fourth-order valence-corrected chi connectivity index (χ4v) is 3.19. The molecule has 0 bridgehead atoms. The van der Waals surface area contributed by atoms with Crippen LogP contribution in [0.15, 0.2) is 36.4 Å². The van der Waals surface area contributed by atoms with Gasteiger partial charge in [0.05, 0.1) is 11.4 Å². The highest BCUT2D eigenvalue weighted by Crippen LogP contribution is 2.27. The molecule has 1 atom stereocenters. The van der Waals surface area contributed by atoms with Crippen molar-refractivity contribution in [1.82, 2.24) is 5.32 Å². The molecule has 1 heterocycles. The van der Waals surface area contributed by atoms with E-state index in [9.17, 15) is 0 Å². The van der Waals surface area contributed by atoms with Crippen LogP contribution in [0.4, 0.5) is 0 Å². The van der Waals surface area contributed by atoms with Gasteiger partial charge in [-0.05, 0) is 36.4 Å². The second kappa shape index (κ2) is 6.94. The third-order valence-electron chi connectivity index (χ3n) is 3.00. The fraction of sp³-hybridized carbons (Fsp3) is 0.333. The smallest absolute Gasteiger partial charge is 0.118 e. The topological polar surface area (TPSA) is 21.3 Å². The van der Waals surface area contributed by atoms with Crippen molar-refractivity contribution < 1.29 is 4.74 Å². The van der Waals surface area contributed by atoms with Crippen LogP contribution < -0.4 is 10.1 Å². The highest BCUT2D eigenvalue weighted by Gasteiger charge is 2.12. The Kier molecular flexibility index (Phi) is 5.25. The Labute approximate surface area is 123 Å². The number of methoxy groups -OCH3 is 1. The van der Waals surface area contributed by atoms with Gasteiger partial charge >= 0.3 is 0 Å². The molecule has 0 aliphatic carbocycles. The van der Waals surface area contributed by atoms with Crippen LogP contribution in [0.2, 0.25) is 4.34 Å². The number of thiophene rings is 1. The van der Waals surface area contributed by atoms with E-state index >= 15 is 0 Å². The minimum Gasteiger partial charge on any atom is -0.497 e. The van der Waals surface area contributed by atoms with Crippen LogP contribution in [-0.4, -0.2) is 13.7 Å². The van der Waals surface area contributed by atoms with E-state index in [1.807, 2.05) is 18.2 Å². The van der Waals surface area contributed by atoms with Crippen molar-refractivity contribution in [1.29, 1.82) is 0 Å². The van der Waals surface area contributed by atoms with Crippen molar-refractivity contribution >= 4 is 22.9 Å². The number of ether oxygens (including phenoxy) is 1. The van der Waals surface area contributed by atoms with E-state index in [4.69, 9.17) is 16.3 Å². The molecule has 0 aliphatic heterocycles. The second-order valence-corrected chi connectivity index (χ2v) is 6.09. The molecule has 2 nitrogen and oxygen atoms in total.